The van der Waals surface area contributed by atoms with Crippen molar-refractivity contribution in [1.82, 2.24) is 10.2 Å². The second-order valence-electron chi connectivity index (χ2n) is 5.17. The molecular formula is C13H21N3O2S. The number of piperidine rings is 1. The lowest BCUT2D eigenvalue weighted by Gasteiger charge is -2.30. The highest BCUT2D eigenvalue weighted by Crippen LogP contribution is 2.12. The van der Waals surface area contributed by atoms with Gasteiger partial charge in [-0.15, -0.1) is 0 Å². The lowest BCUT2D eigenvalue weighted by atomic mass is 10.1. The van der Waals surface area contributed by atoms with Crippen molar-refractivity contribution in [3.8, 4) is 0 Å². The first-order chi connectivity index (χ1) is 8.95. The molecule has 0 saturated carbocycles. The van der Waals surface area contributed by atoms with Gasteiger partial charge in [-0.1, -0.05) is 12.1 Å². The number of sulfonamides is 1. The van der Waals surface area contributed by atoms with Crippen molar-refractivity contribution >= 4 is 10.0 Å². The molecule has 0 spiro atoms. The molecule has 19 heavy (non-hydrogen) atoms. The summed E-state index contributed by atoms with van der Waals surface area (Å²) >= 11 is 0. The van der Waals surface area contributed by atoms with Crippen LogP contribution in [0.3, 0.4) is 0 Å². The Labute approximate surface area is 114 Å². The third-order valence-electron chi connectivity index (χ3n) is 3.45. The lowest BCUT2D eigenvalue weighted by molar-refractivity contribution is 0.226. The van der Waals surface area contributed by atoms with E-state index in [1.54, 1.807) is 12.1 Å². The van der Waals surface area contributed by atoms with Gasteiger partial charge in [-0.05, 0) is 44.1 Å². The van der Waals surface area contributed by atoms with E-state index in [9.17, 15) is 8.42 Å². The standard InChI is InChI=1S/C13H21N3O2S/c1-16-7-3-5-12(10-16)15-9-11-4-2-6-13(8-11)19(14,17)18/h2,4,6,8,12,15H,3,5,7,9-10H2,1H3,(H2,14,17,18). The number of likely N-dealkylation sites (N-methyl/N-ethyl adjacent to an activating group) is 1. The number of nitrogens with two attached hydrogens (primary N) is 1. The number of benzene rings is 1. The van der Waals surface area contributed by atoms with E-state index in [1.807, 2.05) is 6.07 Å². The summed E-state index contributed by atoms with van der Waals surface area (Å²) in [5.74, 6) is 0. The predicted molar refractivity (Wildman–Crippen MR) is 75.2 cm³/mol. The first-order valence-corrected chi connectivity index (χ1v) is 8.03. The smallest absolute Gasteiger partial charge is 0.238 e. The van der Waals surface area contributed by atoms with E-state index in [1.165, 1.54) is 18.9 Å². The Morgan fingerprint density at radius 2 is 2.26 bits per heavy atom. The third kappa shape index (κ3) is 4.28. The Balaban J connectivity index is 1.96. The van der Waals surface area contributed by atoms with Gasteiger partial charge in [0.2, 0.25) is 10.0 Å². The van der Waals surface area contributed by atoms with Crippen LogP contribution in [0.4, 0.5) is 0 Å². The van der Waals surface area contributed by atoms with E-state index in [4.69, 9.17) is 5.14 Å². The molecule has 5 nitrogen and oxygen atoms in total. The van der Waals surface area contributed by atoms with Crippen molar-refractivity contribution in [2.45, 2.75) is 30.3 Å². The molecule has 0 bridgehead atoms. The minimum absolute atomic E-state index is 0.174. The van der Waals surface area contributed by atoms with Crippen LogP contribution < -0.4 is 10.5 Å². The Hall–Kier alpha value is -0.950. The van der Waals surface area contributed by atoms with Gasteiger partial charge in [-0.3, -0.25) is 0 Å². The Kier molecular flexibility index (Phi) is 4.57. The molecule has 1 heterocycles. The molecule has 1 atom stereocenters. The van der Waals surface area contributed by atoms with Gasteiger partial charge in [-0.2, -0.15) is 0 Å². The summed E-state index contributed by atoms with van der Waals surface area (Å²) in [4.78, 5) is 2.48. The van der Waals surface area contributed by atoms with Gasteiger partial charge in [0.15, 0.2) is 0 Å². The van der Waals surface area contributed by atoms with E-state index < -0.39 is 10.0 Å². The molecule has 6 heteroatoms. The molecule has 1 unspecified atom stereocenters. The fourth-order valence-corrected chi connectivity index (χ4v) is 3.01. The van der Waals surface area contributed by atoms with Crippen LogP contribution >= 0.6 is 0 Å². The van der Waals surface area contributed by atoms with Crippen molar-refractivity contribution < 1.29 is 8.42 Å². The largest absolute Gasteiger partial charge is 0.309 e. The summed E-state index contributed by atoms with van der Waals surface area (Å²) in [5.41, 5.74) is 0.944. The highest BCUT2D eigenvalue weighted by molar-refractivity contribution is 7.89. The molecule has 0 aliphatic carbocycles. The summed E-state index contributed by atoms with van der Waals surface area (Å²) in [6, 6.07) is 7.26. The highest BCUT2D eigenvalue weighted by atomic mass is 32.2. The maximum absolute atomic E-state index is 11.3. The summed E-state index contributed by atoms with van der Waals surface area (Å²) < 4.78 is 22.6. The van der Waals surface area contributed by atoms with Crippen molar-refractivity contribution in [3.63, 3.8) is 0 Å². The number of likely N-dealkylation sites (tertiary alicyclic amines) is 1. The van der Waals surface area contributed by atoms with Crippen LogP contribution in [-0.4, -0.2) is 39.5 Å². The zero-order valence-corrected chi connectivity index (χ0v) is 12.0. The second-order valence-corrected chi connectivity index (χ2v) is 6.74. The van der Waals surface area contributed by atoms with Crippen molar-refractivity contribution in [1.29, 1.82) is 0 Å². The summed E-state index contributed by atoms with van der Waals surface area (Å²) in [6.07, 6.45) is 2.37. The second kappa shape index (κ2) is 6.00. The van der Waals surface area contributed by atoms with E-state index >= 15 is 0 Å². The average Bonchev–Trinajstić information content (AvgIpc) is 2.36. The van der Waals surface area contributed by atoms with Gasteiger partial charge < -0.3 is 10.2 Å². The van der Waals surface area contributed by atoms with Gasteiger partial charge in [0.25, 0.3) is 0 Å². The van der Waals surface area contributed by atoms with E-state index in [-0.39, 0.29) is 4.90 Å². The number of nitrogens with one attached hydrogen (secondary N) is 1. The lowest BCUT2D eigenvalue weighted by Crippen LogP contribution is -2.43. The number of hydrogen-bond donors (Lipinski definition) is 2. The normalized spacial score (nSPS) is 21.5. The highest BCUT2D eigenvalue weighted by Gasteiger charge is 2.16. The number of primary sulfonamides is 1. The molecule has 0 amide bonds. The predicted octanol–water partition coefficient (Wildman–Crippen LogP) is 0.518. The monoisotopic (exact) mass is 283 g/mol. The zero-order chi connectivity index (χ0) is 13.9. The minimum Gasteiger partial charge on any atom is -0.309 e. The van der Waals surface area contributed by atoms with Crippen LogP contribution in [0, 0.1) is 0 Å². The molecule has 3 N–H and O–H groups in total. The van der Waals surface area contributed by atoms with E-state index in [0.29, 0.717) is 12.6 Å². The topological polar surface area (TPSA) is 75.4 Å². The summed E-state index contributed by atoms with van der Waals surface area (Å²) in [5, 5.41) is 8.60. The molecule has 1 saturated heterocycles. The van der Waals surface area contributed by atoms with Crippen LogP contribution in [0.5, 0.6) is 0 Å². The quantitative estimate of drug-likeness (QED) is 0.844. The van der Waals surface area contributed by atoms with Crippen molar-refractivity contribution in [2.75, 3.05) is 20.1 Å². The van der Waals surface area contributed by atoms with Crippen molar-refractivity contribution in [3.05, 3.63) is 29.8 Å². The summed E-state index contributed by atoms with van der Waals surface area (Å²) in [6.45, 7) is 2.86. The molecule has 2 rings (SSSR count). The van der Waals surface area contributed by atoms with Crippen LogP contribution in [0.2, 0.25) is 0 Å². The van der Waals surface area contributed by atoms with Gasteiger partial charge in [0, 0.05) is 19.1 Å². The Morgan fingerprint density at radius 3 is 2.95 bits per heavy atom. The number of hydrogen-bond acceptors (Lipinski definition) is 4. The van der Waals surface area contributed by atoms with Crippen LogP contribution in [0.25, 0.3) is 0 Å². The fraction of sp³-hybridized carbons (Fsp3) is 0.538. The molecule has 0 aromatic heterocycles. The molecule has 1 aromatic rings. The molecule has 1 aliphatic heterocycles. The Morgan fingerprint density at radius 1 is 1.47 bits per heavy atom. The fourth-order valence-electron chi connectivity index (χ4n) is 2.43. The molecule has 106 valence electrons. The molecule has 1 fully saturated rings. The number of nitrogens with zero attached hydrogens (tertiary/aromatic N) is 1. The minimum atomic E-state index is -3.61. The zero-order valence-electron chi connectivity index (χ0n) is 11.2. The first kappa shape index (κ1) is 14.5. The van der Waals surface area contributed by atoms with Gasteiger partial charge in [0.1, 0.15) is 0 Å². The molecule has 1 aliphatic rings. The van der Waals surface area contributed by atoms with E-state index in [2.05, 4.69) is 17.3 Å². The van der Waals surface area contributed by atoms with Crippen LogP contribution in [-0.2, 0) is 16.6 Å². The van der Waals surface area contributed by atoms with Gasteiger partial charge >= 0.3 is 0 Å². The van der Waals surface area contributed by atoms with Crippen molar-refractivity contribution in [2.24, 2.45) is 5.14 Å². The molecule has 0 radical (unpaired) electrons. The van der Waals surface area contributed by atoms with Crippen LogP contribution in [0.15, 0.2) is 29.2 Å². The summed E-state index contributed by atoms with van der Waals surface area (Å²) in [7, 11) is -1.49. The molecular weight excluding hydrogens is 262 g/mol. The van der Waals surface area contributed by atoms with Crippen LogP contribution in [0.1, 0.15) is 18.4 Å². The SMILES string of the molecule is CN1CCCC(NCc2cccc(S(N)(=O)=O)c2)C1. The third-order valence-corrected chi connectivity index (χ3v) is 4.36. The molecule has 1 aromatic carbocycles. The van der Waals surface area contributed by atoms with E-state index in [0.717, 1.165) is 18.7 Å². The Bertz CT molecular complexity index is 530. The maximum Gasteiger partial charge on any atom is 0.238 e. The first-order valence-electron chi connectivity index (χ1n) is 6.49. The van der Waals surface area contributed by atoms with Gasteiger partial charge in [-0.25, -0.2) is 13.6 Å². The van der Waals surface area contributed by atoms with Gasteiger partial charge in [0.05, 0.1) is 4.90 Å². The average molecular weight is 283 g/mol. The number of rotatable bonds is 4. The maximum atomic E-state index is 11.3.